The number of nitrogens with zero attached hydrogens (tertiary/aromatic N) is 3. The first kappa shape index (κ1) is 20.4. The smallest absolute Gasteiger partial charge is 0.222 e. The molecule has 0 spiro atoms. The lowest BCUT2D eigenvalue weighted by molar-refractivity contribution is -0.130. The third-order valence-electron chi connectivity index (χ3n) is 5.63. The van der Waals surface area contributed by atoms with Crippen LogP contribution in [0.15, 0.2) is 36.7 Å². The number of likely N-dealkylation sites (tertiary alicyclic amines) is 1. The molecule has 1 aromatic heterocycles. The number of rotatable bonds is 9. The Kier molecular flexibility index (Phi) is 7.48. The summed E-state index contributed by atoms with van der Waals surface area (Å²) >= 11 is 0. The first-order chi connectivity index (χ1) is 13.7. The third-order valence-corrected chi connectivity index (χ3v) is 5.63. The van der Waals surface area contributed by atoms with E-state index in [1.54, 1.807) is 13.3 Å². The molecule has 1 fully saturated rings. The first-order valence-corrected chi connectivity index (χ1v) is 10.2. The number of amides is 1. The van der Waals surface area contributed by atoms with E-state index in [1.165, 1.54) is 18.4 Å². The zero-order chi connectivity index (χ0) is 19.8. The Morgan fingerprint density at radius 3 is 3.00 bits per heavy atom. The molecule has 2 heterocycles. The summed E-state index contributed by atoms with van der Waals surface area (Å²) in [6.45, 7) is 4.09. The second kappa shape index (κ2) is 10.3. The number of H-pyrrole nitrogens is 1. The number of carbonyl (C=O) groups excluding carboxylic acids is 1. The molecule has 1 aliphatic rings. The van der Waals surface area contributed by atoms with Crippen molar-refractivity contribution in [2.45, 2.75) is 32.1 Å². The highest BCUT2D eigenvalue weighted by Crippen LogP contribution is 2.21. The van der Waals surface area contributed by atoms with Crippen LogP contribution in [0.5, 0.6) is 5.75 Å². The Balaban J connectivity index is 1.43. The van der Waals surface area contributed by atoms with Gasteiger partial charge in [0.05, 0.1) is 13.3 Å². The van der Waals surface area contributed by atoms with Crippen LogP contribution in [-0.4, -0.2) is 66.2 Å². The third kappa shape index (κ3) is 5.83. The number of nitrogens with one attached hydrogen (secondary N) is 1. The van der Waals surface area contributed by atoms with Crippen LogP contribution < -0.4 is 4.74 Å². The number of ether oxygens (including phenoxy) is 1. The molecule has 1 unspecified atom stereocenters. The summed E-state index contributed by atoms with van der Waals surface area (Å²) in [5, 5.41) is 6.73. The number of aryl methyl sites for hydroxylation is 1. The van der Waals surface area contributed by atoms with Crippen molar-refractivity contribution in [3.63, 3.8) is 0 Å². The van der Waals surface area contributed by atoms with E-state index in [2.05, 4.69) is 27.2 Å². The molecule has 0 saturated carbocycles. The van der Waals surface area contributed by atoms with Gasteiger partial charge in [-0.2, -0.15) is 5.10 Å². The molecule has 1 saturated heterocycles. The largest absolute Gasteiger partial charge is 0.496 e. The van der Waals surface area contributed by atoms with Crippen molar-refractivity contribution in [2.75, 3.05) is 40.3 Å². The van der Waals surface area contributed by atoms with Crippen molar-refractivity contribution in [3.8, 4) is 5.75 Å². The number of carbonyl (C=O) groups is 1. The number of hydrogen-bond donors (Lipinski definition) is 1. The van der Waals surface area contributed by atoms with Crippen molar-refractivity contribution in [1.29, 1.82) is 0 Å². The topological polar surface area (TPSA) is 61.5 Å². The Bertz CT molecular complexity index is 732. The van der Waals surface area contributed by atoms with Gasteiger partial charge in [-0.05, 0) is 55.3 Å². The van der Waals surface area contributed by atoms with Crippen LogP contribution in [0.1, 0.15) is 30.4 Å². The van der Waals surface area contributed by atoms with Crippen LogP contribution in [0, 0.1) is 5.92 Å². The molecular formula is C22H32N4O2. The molecule has 1 aliphatic heterocycles. The molecule has 3 rings (SSSR count). The predicted molar refractivity (Wildman–Crippen MR) is 110 cm³/mol. The minimum Gasteiger partial charge on any atom is -0.496 e. The highest BCUT2D eigenvalue weighted by molar-refractivity contribution is 5.76. The minimum atomic E-state index is 0.215. The van der Waals surface area contributed by atoms with Gasteiger partial charge >= 0.3 is 0 Å². The average Bonchev–Trinajstić information content (AvgIpc) is 3.24. The number of hydrogen-bond acceptors (Lipinski definition) is 4. The summed E-state index contributed by atoms with van der Waals surface area (Å²) in [5.74, 6) is 1.74. The van der Waals surface area contributed by atoms with Gasteiger partial charge in [-0.1, -0.05) is 18.2 Å². The molecule has 0 bridgehead atoms. The monoisotopic (exact) mass is 384 g/mol. The molecule has 1 N–H and O–H groups in total. The lowest BCUT2D eigenvalue weighted by atomic mass is 9.96. The first-order valence-electron chi connectivity index (χ1n) is 10.2. The number of aromatic nitrogens is 2. The van der Waals surface area contributed by atoms with Gasteiger partial charge in [-0.3, -0.25) is 9.89 Å². The molecule has 28 heavy (non-hydrogen) atoms. The summed E-state index contributed by atoms with van der Waals surface area (Å²) in [7, 11) is 3.67. The van der Waals surface area contributed by atoms with Gasteiger partial charge in [-0.15, -0.1) is 0 Å². The summed E-state index contributed by atoms with van der Waals surface area (Å²) in [6, 6.07) is 8.25. The Morgan fingerprint density at radius 1 is 1.36 bits per heavy atom. The lowest BCUT2D eigenvalue weighted by Gasteiger charge is -2.35. The molecule has 152 valence electrons. The molecular weight excluding hydrogens is 352 g/mol. The molecule has 1 amide bonds. The highest BCUT2D eigenvalue weighted by Gasteiger charge is 2.22. The molecule has 6 heteroatoms. The fourth-order valence-corrected chi connectivity index (χ4v) is 4.04. The van der Waals surface area contributed by atoms with E-state index in [0.717, 1.165) is 50.3 Å². The normalized spacial score (nSPS) is 17.4. The Labute approximate surface area is 167 Å². The van der Waals surface area contributed by atoms with Gasteiger partial charge in [0, 0.05) is 39.3 Å². The Hall–Kier alpha value is -2.34. The Morgan fingerprint density at radius 2 is 2.21 bits per heavy atom. The van der Waals surface area contributed by atoms with Crippen LogP contribution in [0.2, 0.25) is 0 Å². The molecule has 1 atom stereocenters. The van der Waals surface area contributed by atoms with E-state index in [9.17, 15) is 4.79 Å². The van der Waals surface area contributed by atoms with E-state index >= 15 is 0 Å². The fraction of sp³-hybridized carbons (Fsp3) is 0.545. The summed E-state index contributed by atoms with van der Waals surface area (Å²) in [6.07, 6.45) is 8.33. The van der Waals surface area contributed by atoms with Gasteiger partial charge in [0.1, 0.15) is 5.75 Å². The number of methoxy groups -OCH3 is 1. The van der Waals surface area contributed by atoms with E-state index in [4.69, 9.17) is 4.74 Å². The molecule has 0 radical (unpaired) electrons. The van der Waals surface area contributed by atoms with Crippen LogP contribution in [0.3, 0.4) is 0 Å². The summed E-state index contributed by atoms with van der Waals surface area (Å²) in [5.41, 5.74) is 2.35. The van der Waals surface area contributed by atoms with Gasteiger partial charge in [0.15, 0.2) is 0 Å². The van der Waals surface area contributed by atoms with Crippen molar-refractivity contribution in [2.24, 2.45) is 5.92 Å². The van der Waals surface area contributed by atoms with Crippen LogP contribution in [-0.2, 0) is 17.6 Å². The van der Waals surface area contributed by atoms with Crippen molar-refractivity contribution < 1.29 is 9.53 Å². The quantitative estimate of drug-likeness (QED) is 0.722. The number of aromatic amines is 1. The van der Waals surface area contributed by atoms with E-state index in [1.807, 2.05) is 30.3 Å². The second-order valence-corrected chi connectivity index (χ2v) is 7.75. The van der Waals surface area contributed by atoms with Gasteiger partial charge in [-0.25, -0.2) is 0 Å². The average molecular weight is 385 g/mol. The SMILES string of the molecule is COc1ccccc1CCN1CCCC(CN(C)C(=O)CCc2cn[nH]c2)C1. The zero-order valence-electron chi connectivity index (χ0n) is 17.1. The maximum Gasteiger partial charge on any atom is 0.222 e. The maximum absolute atomic E-state index is 12.4. The van der Waals surface area contributed by atoms with Crippen LogP contribution in [0.4, 0.5) is 0 Å². The van der Waals surface area contributed by atoms with E-state index in [-0.39, 0.29) is 5.91 Å². The van der Waals surface area contributed by atoms with Crippen LogP contribution >= 0.6 is 0 Å². The van der Waals surface area contributed by atoms with Gasteiger partial charge < -0.3 is 14.5 Å². The van der Waals surface area contributed by atoms with Gasteiger partial charge in [0.25, 0.3) is 0 Å². The summed E-state index contributed by atoms with van der Waals surface area (Å²) < 4.78 is 5.47. The fourth-order valence-electron chi connectivity index (χ4n) is 4.04. The predicted octanol–water partition coefficient (Wildman–Crippen LogP) is 2.76. The van der Waals surface area contributed by atoms with E-state index in [0.29, 0.717) is 12.3 Å². The number of para-hydroxylation sites is 1. The number of piperidine rings is 1. The van der Waals surface area contributed by atoms with Crippen molar-refractivity contribution in [1.82, 2.24) is 20.0 Å². The minimum absolute atomic E-state index is 0.215. The highest BCUT2D eigenvalue weighted by atomic mass is 16.5. The van der Waals surface area contributed by atoms with Crippen LogP contribution in [0.25, 0.3) is 0 Å². The zero-order valence-corrected chi connectivity index (χ0v) is 17.1. The number of benzene rings is 1. The molecule has 6 nitrogen and oxygen atoms in total. The van der Waals surface area contributed by atoms with Crippen molar-refractivity contribution in [3.05, 3.63) is 47.8 Å². The standard InChI is InChI=1S/C22H32N4O2/c1-25(22(27)10-9-18-14-23-24-15-18)16-19-6-5-12-26(17-19)13-11-20-7-3-4-8-21(20)28-2/h3-4,7-8,14-15,19H,5-6,9-13,16-17H2,1-2H3,(H,23,24). The lowest BCUT2D eigenvalue weighted by Crippen LogP contribution is -2.42. The van der Waals surface area contributed by atoms with Gasteiger partial charge in [0.2, 0.25) is 5.91 Å². The maximum atomic E-state index is 12.4. The molecule has 1 aromatic carbocycles. The van der Waals surface area contributed by atoms with Crippen molar-refractivity contribution >= 4 is 5.91 Å². The second-order valence-electron chi connectivity index (χ2n) is 7.75. The summed E-state index contributed by atoms with van der Waals surface area (Å²) in [4.78, 5) is 16.9. The van der Waals surface area contributed by atoms with E-state index < -0.39 is 0 Å². The molecule has 0 aliphatic carbocycles. The molecule has 2 aromatic rings.